The fourth-order valence-corrected chi connectivity index (χ4v) is 2.07. The van der Waals surface area contributed by atoms with Gasteiger partial charge in [-0.3, -0.25) is 15.2 Å². The smallest absolute Gasteiger partial charge is 0.313 e. The lowest BCUT2D eigenvalue weighted by atomic mass is 10.3. The molecule has 0 unspecified atom stereocenters. The van der Waals surface area contributed by atoms with Crippen LogP contribution in [0.2, 0.25) is 10.3 Å². The van der Waals surface area contributed by atoms with Crippen molar-refractivity contribution in [2.75, 3.05) is 0 Å². The van der Waals surface area contributed by atoms with Crippen molar-refractivity contribution in [3.63, 3.8) is 0 Å². The van der Waals surface area contributed by atoms with Crippen LogP contribution in [0.4, 0.5) is 5.69 Å². The molecule has 0 saturated heterocycles. The molecule has 2 aromatic heterocycles. The quantitative estimate of drug-likeness (QED) is 0.449. The van der Waals surface area contributed by atoms with Gasteiger partial charge in [0.1, 0.15) is 5.39 Å². The van der Waals surface area contributed by atoms with Gasteiger partial charge in [0.05, 0.1) is 16.1 Å². The van der Waals surface area contributed by atoms with Crippen molar-refractivity contribution < 1.29 is 9.66 Å². The van der Waals surface area contributed by atoms with Crippen LogP contribution in [0.1, 0.15) is 0 Å². The van der Waals surface area contributed by atoms with Gasteiger partial charge in [-0.25, -0.2) is 0 Å². The summed E-state index contributed by atoms with van der Waals surface area (Å²) in [5, 5.41) is 17.8. The Bertz CT molecular complexity index is 851. The highest BCUT2D eigenvalue weighted by Crippen LogP contribution is 2.38. The number of halogens is 2. The van der Waals surface area contributed by atoms with E-state index in [9.17, 15) is 10.1 Å². The zero-order chi connectivity index (χ0) is 15.0. The molecule has 0 saturated carbocycles. The number of para-hydroxylation sites is 1. The third-order valence-corrected chi connectivity index (χ3v) is 3.06. The third-order valence-electron chi connectivity index (χ3n) is 2.59. The maximum atomic E-state index is 11.0. The standard InChI is InChI=1S/C11H5Cl2N5O3/c12-6-2-1-3-7(18(19)20)8(6)21-10-5-4-14-17-9(5)15-11(13)16-10/h1-4H,(H,14,15,16,17). The largest absolute Gasteiger partial charge is 0.429 e. The van der Waals surface area contributed by atoms with E-state index in [0.717, 1.165) is 0 Å². The summed E-state index contributed by atoms with van der Waals surface area (Å²) in [4.78, 5) is 18.2. The monoisotopic (exact) mass is 325 g/mol. The second kappa shape index (κ2) is 5.15. The number of nitro benzene ring substituents is 1. The van der Waals surface area contributed by atoms with E-state index in [1.54, 1.807) is 0 Å². The first kappa shape index (κ1) is 13.5. The van der Waals surface area contributed by atoms with E-state index in [2.05, 4.69) is 20.2 Å². The van der Waals surface area contributed by atoms with Gasteiger partial charge in [-0.1, -0.05) is 17.7 Å². The molecule has 0 spiro atoms. The number of nitrogens with zero attached hydrogens (tertiary/aromatic N) is 4. The normalized spacial score (nSPS) is 10.8. The fourth-order valence-electron chi connectivity index (χ4n) is 1.70. The molecule has 10 heteroatoms. The summed E-state index contributed by atoms with van der Waals surface area (Å²) in [6, 6.07) is 4.20. The van der Waals surface area contributed by atoms with Crippen LogP contribution in [0.15, 0.2) is 24.4 Å². The van der Waals surface area contributed by atoms with Crippen LogP contribution in [0.3, 0.4) is 0 Å². The van der Waals surface area contributed by atoms with Gasteiger partial charge in [-0.05, 0) is 17.7 Å². The van der Waals surface area contributed by atoms with Crippen molar-refractivity contribution in [2.45, 2.75) is 0 Å². The van der Waals surface area contributed by atoms with Crippen LogP contribution in [0, 0.1) is 10.1 Å². The summed E-state index contributed by atoms with van der Waals surface area (Å²) in [7, 11) is 0. The number of aromatic nitrogens is 4. The van der Waals surface area contributed by atoms with E-state index >= 15 is 0 Å². The first-order chi connectivity index (χ1) is 10.1. The zero-order valence-corrected chi connectivity index (χ0v) is 11.6. The molecule has 0 fully saturated rings. The topological polar surface area (TPSA) is 107 Å². The first-order valence-electron chi connectivity index (χ1n) is 5.53. The van der Waals surface area contributed by atoms with Crippen LogP contribution in [-0.2, 0) is 0 Å². The first-order valence-corrected chi connectivity index (χ1v) is 6.29. The van der Waals surface area contributed by atoms with Gasteiger partial charge in [0.25, 0.3) is 0 Å². The minimum atomic E-state index is -0.601. The van der Waals surface area contributed by atoms with E-state index in [-0.39, 0.29) is 27.6 Å². The van der Waals surface area contributed by atoms with Crippen LogP contribution in [-0.4, -0.2) is 25.1 Å². The second-order valence-corrected chi connectivity index (χ2v) is 4.62. The van der Waals surface area contributed by atoms with Crippen molar-refractivity contribution in [1.29, 1.82) is 0 Å². The highest BCUT2D eigenvalue weighted by Gasteiger charge is 2.21. The molecule has 0 aliphatic rings. The zero-order valence-electron chi connectivity index (χ0n) is 10.1. The fraction of sp³-hybridized carbons (Fsp3) is 0. The number of fused-ring (bicyclic) bond motifs is 1. The number of hydrogen-bond donors (Lipinski definition) is 1. The Kier molecular flexibility index (Phi) is 3.32. The van der Waals surface area contributed by atoms with Crippen LogP contribution in [0.5, 0.6) is 11.6 Å². The Morgan fingerprint density at radius 3 is 2.86 bits per heavy atom. The molecule has 1 N–H and O–H groups in total. The van der Waals surface area contributed by atoms with Gasteiger partial charge < -0.3 is 4.74 Å². The van der Waals surface area contributed by atoms with E-state index < -0.39 is 4.92 Å². The molecule has 0 aliphatic carbocycles. The van der Waals surface area contributed by atoms with Crippen LogP contribution >= 0.6 is 23.2 Å². The SMILES string of the molecule is O=[N+]([O-])c1cccc(Cl)c1Oc1nc(Cl)nc2[nH]ncc12. The summed E-state index contributed by atoms with van der Waals surface area (Å²) in [6.45, 7) is 0. The Morgan fingerprint density at radius 2 is 2.10 bits per heavy atom. The lowest BCUT2D eigenvalue weighted by molar-refractivity contribution is -0.385. The predicted octanol–water partition coefficient (Wildman–Crippen LogP) is 3.36. The molecule has 2 heterocycles. The number of nitro groups is 1. The molecule has 0 radical (unpaired) electrons. The number of hydrogen-bond acceptors (Lipinski definition) is 6. The summed E-state index contributed by atoms with van der Waals surface area (Å²) in [6.07, 6.45) is 1.42. The lowest BCUT2D eigenvalue weighted by Gasteiger charge is -2.07. The van der Waals surface area contributed by atoms with Gasteiger partial charge in [0.15, 0.2) is 5.65 Å². The molecule has 21 heavy (non-hydrogen) atoms. The molecule has 3 rings (SSSR count). The van der Waals surface area contributed by atoms with Gasteiger partial charge in [-0.15, -0.1) is 0 Å². The molecule has 0 aliphatic heterocycles. The molecule has 8 nitrogen and oxygen atoms in total. The number of H-pyrrole nitrogens is 1. The summed E-state index contributed by atoms with van der Waals surface area (Å²) < 4.78 is 5.48. The Balaban J connectivity index is 2.15. The van der Waals surface area contributed by atoms with Crippen molar-refractivity contribution in [1.82, 2.24) is 20.2 Å². The number of rotatable bonds is 3. The molecular formula is C11H5Cl2N5O3. The number of aromatic amines is 1. The predicted molar refractivity (Wildman–Crippen MR) is 74.9 cm³/mol. The molecule has 0 amide bonds. The van der Waals surface area contributed by atoms with Crippen LogP contribution in [0.25, 0.3) is 11.0 Å². The lowest BCUT2D eigenvalue weighted by Crippen LogP contribution is -1.97. The molecule has 0 bridgehead atoms. The van der Waals surface area contributed by atoms with Gasteiger partial charge in [0.2, 0.25) is 16.9 Å². The average Bonchev–Trinajstić information content (AvgIpc) is 2.88. The highest BCUT2D eigenvalue weighted by molar-refractivity contribution is 6.32. The second-order valence-electron chi connectivity index (χ2n) is 3.88. The molecular weight excluding hydrogens is 321 g/mol. The van der Waals surface area contributed by atoms with E-state index in [1.165, 1.54) is 24.4 Å². The van der Waals surface area contributed by atoms with Gasteiger partial charge in [-0.2, -0.15) is 15.1 Å². The summed E-state index contributed by atoms with van der Waals surface area (Å²) in [5.74, 6) is -0.101. The van der Waals surface area contributed by atoms with Crippen molar-refractivity contribution >= 4 is 39.9 Å². The number of nitrogens with one attached hydrogen (secondary N) is 1. The van der Waals surface area contributed by atoms with E-state index in [0.29, 0.717) is 11.0 Å². The minimum Gasteiger partial charge on any atom is -0.429 e. The third kappa shape index (κ3) is 2.46. The van der Waals surface area contributed by atoms with Crippen LogP contribution < -0.4 is 4.74 Å². The molecule has 106 valence electrons. The number of benzene rings is 1. The van der Waals surface area contributed by atoms with E-state index in [4.69, 9.17) is 27.9 Å². The summed E-state index contributed by atoms with van der Waals surface area (Å²) in [5.41, 5.74) is 0.0635. The average molecular weight is 326 g/mol. The molecule has 1 aromatic carbocycles. The minimum absolute atomic E-state index is 0.0231. The van der Waals surface area contributed by atoms with Gasteiger partial charge in [0, 0.05) is 6.07 Å². The Morgan fingerprint density at radius 1 is 1.29 bits per heavy atom. The van der Waals surface area contributed by atoms with Crippen molar-refractivity contribution in [3.05, 3.63) is 44.8 Å². The summed E-state index contributed by atoms with van der Waals surface area (Å²) >= 11 is 11.7. The molecule has 0 atom stereocenters. The van der Waals surface area contributed by atoms with Gasteiger partial charge >= 0.3 is 5.69 Å². The Labute approximate surface area is 126 Å². The molecule has 3 aromatic rings. The maximum absolute atomic E-state index is 11.0. The number of ether oxygens (including phenoxy) is 1. The Hall–Kier alpha value is -2.45. The van der Waals surface area contributed by atoms with Crippen molar-refractivity contribution in [3.8, 4) is 11.6 Å². The van der Waals surface area contributed by atoms with Crippen molar-refractivity contribution in [2.24, 2.45) is 0 Å². The highest BCUT2D eigenvalue weighted by atomic mass is 35.5. The maximum Gasteiger partial charge on any atom is 0.313 e. The van der Waals surface area contributed by atoms with E-state index in [1.807, 2.05) is 0 Å².